The maximum atomic E-state index is 12.2. The van der Waals surface area contributed by atoms with Crippen molar-refractivity contribution in [3.63, 3.8) is 0 Å². The van der Waals surface area contributed by atoms with Gasteiger partial charge in [-0.05, 0) is 60.0 Å². The normalized spacial score (nSPS) is 19.1. The molecule has 0 radical (unpaired) electrons. The zero-order valence-electron chi connectivity index (χ0n) is 15.0. The minimum Gasteiger partial charge on any atom is -0.351 e. The zero-order chi connectivity index (χ0) is 18.8. The Kier molecular flexibility index (Phi) is 7.39. The van der Waals surface area contributed by atoms with Crippen LogP contribution in [0.15, 0.2) is 34.1 Å². The van der Waals surface area contributed by atoms with Crippen LogP contribution in [0.4, 0.5) is 5.69 Å². The van der Waals surface area contributed by atoms with Gasteiger partial charge in [-0.3, -0.25) is 19.8 Å². The lowest BCUT2D eigenvalue weighted by molar-refractivity contribution is -0.384. The van der Waals surface area contributed by atoms with Crippen LogP contribution >= 0.6 is 39.7 Å². The van der Waals surface area contributed by atoms with Gasteiger partial charge in [0.05, 0.1) is 8.71 Å². The van der Waals surface area contributed by atoms with E-state index < -0.39 is 4.92 Å². The van der Waals surface area contributed by atoms with Crippen molar-refractivity contribution in [2.45, 2.75) is 32.4 Å². The Hall–Kier alpha value is -1.48. The van der Waals surface area contributed by atoms with Gasteiger partial charge < -0.3 is 5.32 Å². The lowest BCUT2D eigenvalue weighted by atomic mass is 9.96. The van der Waals surface area contributed by atoms with Gasteiger partial charge in [-0.1, -0.05) is 0 Å². The van der Waals surface area contributed by atoms with Gasteiger partial charge in [-0.15, -0.1) is 23.7 Å². The highest BCUT2D eigenvalue weighted by atomic mass is 79.9. The van der Waals surface area contributed by atoms with Crippen LogP contribution in [0.5, 0.6) is 0 Å². The molecule has 1 amide bonds. The first kappa shape index (κ1) is 21.8. The molecule has 2 heterocycles. The second-order valence-corrected chi connectivity index (χ2v) is 8.97. The molecule has 2 aromatic rings. The number of hydrogen-bond acceptors (Lipinski definition) is 5. The number of amides is 1. The molecule has 0 saturated carbocycles. The summed E-state index contributed by atoms with van der Waals surface area (Å²) in [6, 6.07) is 8.58. The molecule has 1 aromatic carbocycles. The number of rotatable bonds is 5. The van der Waals surface area contributed by atoms with E-state index in [2.05, 4.69) is 46.1 Å². The molecule has 9 heteroatoms. The highest BCUT2D eigenvalue weighted by Crippen LogP contribution is 2.39. The van der Waals surface area contributed by atoms with E-state index in [4.69, 9.17) is 0 Å². The number of nitrogens with zero attached hydrogens (tertiary/aromatic N) is 2. The van der Waals surface area contributed by atoms with E-state index in [-0.39, 0.29) is 24.0 Å². The van der Waals surface area contributed by atoms with Crippen LogP contribution < -0.4 is 5.32 Å². The highest BCUT2D eigenvalue weighted by Gasteiger charge is 2.30. The summed E-state index contributed by atoms with van der Waals surface area (Å²) in [5.74, 6) is -0.212. The first-order chi connectivity index (χ1) is 12.4. The molecule has 1 aromatic heterocycles. The number of fused-ring (bicyclic) bond motifs is 1. The number of nitro benzene ring substituents is 1. The average molecular weight is 475 g/mol. The summed E-state index contributed by atoms with van der Waals surface area (Å²) >= 11 is 5.37. The molecule has 0 unspecified atom stereocenters. The Morgan fingerprint density at radius 1 is 1.37 bits per heavy atom. The number of thiophene rings is 1. The van der Waals surface area contributed by atoms with E-state index in [1.54, 1.807) is 11.3 Å². The number of nitro groups is 1. The van der Waals surface area contributed by atoms with Crippen molar-refractivity contribution >= 4 is 51.3 Å². The fourth-order valence-electron chi connectivity index (χ4n) is 3.42. The van der Waals surface area contributed by atoms with E-state index >= 15 is 0 Å². The van der Waals surface area contributed by atoms with Crippen molar-refractivity contribution in [1.29, 1.82) is 0 Å². The number of hydrogen-bond donors (Lipinski definition) is 1. The van der Waals surface area contributed by atoms with Crippen molar-refractivity contribution in [2.75, 3.05) is 13.1 Å². The maximum Gasteiger partial charge on any atom is 0.269 e. The number of benzene rings is 1. The second kappa shape index (κ2) is 9.14. The summed E-state index contributed by atoms with van der Waals surface area (Å²) in [7, 11) is 0. The first-order valence-electron chi connectivity index (χ1n) is 8.43. The Labute approximate surface area is 176 Å². The topological polar surface area (TPSA) is 75.5 Å². The Morgan fingerprint density at radius 2 is 2.04 bits per heavy atom. The minimum absolute atomic E-state index is 0. The Morgan fingerprint density at radius 3 is 2.67 bits per heavy atom. The second-order valence-electron chi connectivity index (χ2n) is 6.46. The van der Waals surface area contributed by atoms with Crippen LogP contribution in [0.1, 0.15) is 40.7 Å². The predicted molar refractivity (Wildman–Crippen MR) is 113 cm³/mol. The van der Waals surface area contributed by atoms with E-state index in [1.165, 1.54) is 34.7 Å². The molecule has 146 valence electrons. The van der Waals surface area contributed by atoms with Gasteiger partial charge >= 0.3 is 0 Å². The van der Waals surface area contributed by atoms with Crippen LogP contribution in [-0.4, -0.2) is 34.9 Å². The molecule has 2 atom stereocenters. The third kappa shape index (κ3) is 4.87. The lowest BCUT2D eigenvalue weighted by Crippen LogP contribution is -2.44. The van der Waals surface area contributed by atoms with Gasteiger partial charge in [-0.2, -0.15) is 0 Å². The maximum absolute atomic E-state index is 12.2. The molecule has 27 heavy (non-hydrogen) atoms. The monoisotopic (exact) mass is 473 g/mol. The van der Waals surface area contributed by atoms with Crippen LogP contribution in [0.2, 0.25) is 0 Å². The fourth-order valence-corrected chi connectivity index (χ4v) is 5.34. The number of nitrogens with one attached hydrogen (secondary N) is 1. The van der Waals surface area contributed by atoms with Crippen molar-refractivity contribution < 1.29 is 9.72 Å². The molecule has 0 aliphatic carbocycles. The number of carbonyl (C=O) groups is 1. The number of non-ortho nitro benzene ring substituents is 1. The van der Waals surface area contributed by atoms with Crippen molar-refractivity contribution in [2.24, 2.45) is 0 Å². The number of halogens is 2. The summed E-state index contributed by atoms with van der Waals surface area (Å²) in [6.45, 7) is 5.70. The largest absolute Gasteiger partial charge is 0.351 e. The molecule has 0 spiro atoms. The summed E-state index contributed by atoms with van der Waals surface area (Å²) in [5.41, 5.74) is 1.77. The molecule has 1 aliphatic heterocycles. The van der Waals surface area contributed by atoms with E-state index in [9.17, 15) is 14.9 Å². The van der Waals surface area contributed by atoms with Gasteiger partial charge in [0.1, 0.15) is 0 Å². The number of carbonyl (C=O) groups excluding carboxylic acids is 1. The minimum atomic E-state index is -0.474. The van der Waals surface area contributed by atoms with Gasteiger partial charge in [0, 0.05) is 47.7 Å². The fraction of sp³-hybridized carbons (Fsp3) is 0.389. The van der Waals surface area contributed by atoms with Gasteiger partial charge in [0.15, 0.2) is 0 Å². The van der Waals surface area contributed by atoms with Gasteiger partial charge in [0.25, 0.3) is 11.6 Å². The van der Waals surface area contributed by atoms with Gasteiger partial charge in [0.2, 0.25) is 0 Å². The molecule has 3 rings (SSSR count). The molecule has 0 bridgehead atoms. The smallest absolute Gasteiger partial charge is 0.269 e. The third-order valence-corrected chi connectivity index (χ3v) is 6.48. The van der Waals surface area contributed by atoms with E-state index in [0.29, 0.717) is 24.2 Å². The first-order valence-corrected chi connectivity index (χ1v) is 10.0. The molecular weight excluding hydrogens is 454 g/mol. The summed E-state index contributed by atoms with van der Waals surface area (Å²) < 4.78 is 1.16. The predicted octanol–water partition coefficient (Wildman–Crippen LogP) is 4.58. The van der Waals surface area contributed by atoms with E-state index in [0.717, 1.165) is 16.8 Å². The molecule has 1 N–H and O–H groups in total. The third-order valence-electron chi connectivity index (χ3n) is 4.80. The molecule has 0 saturated heterocycles. The summed E-state index contributed by atoms with van der Waals surface area (Å²) in [6.07, 6.45) is 1.02. The van der Waals surface area contributed by atoms with Crippen molar-refractivity contribution in [3.05, 3.63) is 60.2 Å². The molecule has 1 aliphatic rings. The summed E-state index contributed by atoms with van der Waals surface area (Å²) in [5, 5.41) is 13.6. The average Bonchev–Trinajstić information content (AvgIpc) is 2.98. The quantitative estimate of drug-likeness (QED) is 0.508. The Balaban J connectivity index is 0.00000261. The zero-order valence-corrected chi connectivity index (χ0v) is 18.2. The highest BCUT2D eigenvalue weighted by molar-refractivity contribution is 9.11. The SMILES string of the molecule is C[C@@H]1Cc2sc(Br)cc2[C@H](C)N1CCNC(=O)c1ccc([N+](=O)[O-])cc1.Cl. The molecular formula is C18H21BrClN3O3S. The van der Waals surface area contributed by atoms with Gasteiger partial charge in [-0.25, -0.2) is 0 Å². The van der Waals surface area contributed by atoms with E-state index in [1.807, 2.05) is 0 Å². The lowest BCUT2D eigenvalue weighted by Gasteiger charge is -2.39. The molecule has 6 nitrogen and oxygen atoms in total. The standard InChI is InChI=1S/C18H20BrN3O3S.ClH/c1-11-9-16-15(10-17(19)26-16)12(2)21(11)8-7-20-18(23)13-3-5-14(6-4-13)22(24)25;/h3-6,10-12H,7-9H2,1-2H3,(H,20,23);1H/t11-,12+;/m1./s1. The molecule has 0 fully saturated rings. The van der Waals surface area contributed by atoms with Crippen molar-refractivity contribution in [3.8, 4) is 0 Å². The van der Waals surface area contributed by atoms with Crippen LogP contribution in [0, 0.1) is 10.1 Å². The Bertz CT molecular complexity index is 828. The van der Waals surface area contributed by atoms with Crippen LogP contribution in [-0.2, 0) is 6.42 Å². The van der Waals surface area contributed by atoms with Crippen LogP contribution in [0.3, 0.4) is 0 Å². The van der Waals surface area contributed by atoms with Crippen LogP contribution in [0.25, 0.3) is 0 Å². The summed E-state index contributed by atoms with van der Waals surface area (Å²) in [4.78, 5) is 26.3. The van der Waals surface area contributed by atoms with Crippen molar-refractivity contribution in [1.82, 2.24) is 10.2 Å².